The molecule has 4 rings (SSSR count). The molecule has 1 fully saturated rings. The molecule has 2 heterocycles. The third-order valence-electron chi connectivity index (χ3n) is 4.46. The number of aliphatic hydroxyl groups excluding tert-OH is 1. The first-order valence-corrected chi connectivity index (χ1v) is 6.65. The molecule has 0 bridgehead atoms. The van der Waals surface area contributed by atoms with Crippen molar-refractivity contribution in [3.8, 4) is 11.3 Å². The van der Waals surface area contributed by atoms with Gasteiger partial charge in [-0.3, -0.25) is 0 Å². The Bertz CT molecular complexity index is 590. The molecule has 0 radical (unpaired) electrons. The Labute approximate surface area is 106 Å². The Balaban J connectivity index is 1.89. The molecule has 1 aliphatic heterocycles. The summed E-state index contributed by atoms with van der Waals surface area (Å²) in [5, 5.41) is 10.2. The Morgan fingerprint density at radius 1 is 1.22 bits per heavy atom. The van der Waals surface area contributed by atoms with Crippen LogP contribution in [0.5, 0.6) is 0 Å². The minimum atomic E-state index is -0.170. The molecule has 18 heavy (non-hydrogen) atoms. The number of hydrogen-bond donors (Lipinski definition) is 1. The van der Waals surface area contributed by atoms with E-state index in [1.54, 1.807) is 0 Å². The third kappa shape index (κ3) is 1.25. The highest BCUT2D eigenvalue weighted by atomic mass is 16.3. The molecule has 0 saturated heterocycles. The van der Waals surface area contributed by atoms with Crippen LogP contribution in [0.1, 0.15) is 30.9 Å². The van der Waals surface area contributed by atoms with Crippen molar-refractivity contribution in [2.24, 2.45) is 5.92 Å². The first-order valence-electron chi connectivity index (χ1n) is 6.65. The number of hydrogen-bond acceptors (Lipinski definition) is 2. The largest absolute Gasteiger partial charge is 0.393 e. The lowest BCUT2D eigenvalue weighted by atomic mass is 9.90. The van der Waals surface area contributed by atoms with Gasteiger partial charge >= 0.3 is 0 Å². The zero-order valence-corrected chi connectivity index (χ0v) is 10.2. The lowest BCUT2D eigenvalue weighted by molar-refractivity contribution is 0.112. The van der Waals surface area contributed by atoms with E-state index in [4.69, 9.17) is 0 Å². The van der Waals surface area contributed by atoms with Gasteiger partial charge in [0.1, 0.15) is 0 Å². The molecule has 1 saturated carbocycles. The molecule has 3 heteroatoms. The van der Waals surface area contributed by atoms with Crippen LogP contribution in [0.2, 0.25) is 0 Å². The Hall–Kier alpha value is -1.61. The van der Waals surface area contributed by atoms with E-state index in [1.165, 1.54) is 16.8 Å². The van der Waals surface area contributed by atoms with E-state index in [1.807, 2.05) is 12.5 Å². The summed E-state index contributed by atoms with van der Waals surface area (Å²) < 4.78 is 2.24. The molecule has 1 aliphatic carbocycles. The quantitative estimate of drug-likeness (QED) is 0.832. The van der Waals surface area contributed by atoms with Crippen LogP contribution in [0.15, 0.2) is 36.8 Å². The van der Waals surface area contributed by atoms with Crippen LogP contribution < -0.4 is 0 Å². The number of aliphatic hydroxyl groups is 1. The molecule has 2 aliphatic rings. The van der Waals surface area contributed by atoms with Crippen molar-refractivity contribution in [2.45, 2.75) is 31.4 Å². The minimum Gasteiger partial charge on any atom is -0.393 e. The van der Waals surface area contributed by atoms with Gasteiger partial charge in [0.15, 0.2) is 0 Å². The van der Waals surface area contributed by atoms with Gasteiger partial charge in [0.2, 0.25) is 0 Å². The van der Waals surface area contributed by atoms with Gasteiger partial charge in [-0.2, -0.15) is 0 Å². The standard InChI is InChI=1S/C15H16N2O/c18-14-7-3-6-12(14)15-11-5-2-1-4-10(11)13-8-16-9-17(13)15/h1-2,4-5,8-9,12,14-15,18H,3,6-7H2/t12?,14-,15-/m0/s1. The highest BCUT2D eigenvalue weighted by Crippen LogP contribution is 2.47. The van der Waals surface area contributed by atoms with E-state index >= 15 is 0 Å². The predicted octanol–water partition coefficient (Wildman–Crippen LogP) is 2.61. The van der Waals surface area contributed by atoms with Gasteiger partial charge in [-0.25, -0.2) is 4.98 Å². The van der Waals surface area contributed by atoms with Crippen LogP contribution in [-0.4, -0.2) is 20.8 Å². The zero-order valence-electron chi connectivity index (χ0n) is 10.2. The molecular weight excluding hydrogens is 224 g/mol. The number of rotatable bonds is 1. The van der Waals surface area contributed by atoms with Gasteiger partial charge < -0.3 is 9.67 Å². The first-order chi connectivity index (χ1) is 8.86. The van der Waals surface area contributed by atoms with E-state index in [9.17, 15) is 5.11 Å². The van der Waals surface area contributed by atoms with E-state index in [0.717, 1.165) is 19.3 Å². The minimum absolute atomic E-state index is 0.170. The number of imidazole rings is 1. The van der Waals surface area contributed by atoms with E-state index < -0.39 is 0 Å². The number of fused-ring (bicyclic) bond motifs is 3. The topological polar surface area (TPSA) is 38.1 Å². The van der Waals surface area contributed by atoms with Crippen LogP contribution in [-0.2, 0) is 0 Å². The van der Waals surface area contributed by atoms with Crippen LogP contribution in [0.4, 0.5) is 0 Å². The fourth-order valence-corrected chi connectivity index (χ4v) is 3.65. The van der Waals surface area contributed by atoms with Crippen molar-refractivity contribution in [1.82, 2.24) is 9.55 Å². The maximum absolute atomic E-state index is 10.2. The number of benzene rings is 1. The molecule has 92 valence electrons. The maximum Gasteiger partial charge on any atom is 0.0956 e. The molecule has 3 atom stereocenters. The predicted molar refractivity (Wildman–Crippen MR) is 69.1 cm³/mol. The Morgan fingerprint density at radius 3 is 2.94 bits per heavy atom. The molecule has 0 spiro atoms. The molecule has 1 N–H and O–H groups in total. The van der Waals surface area contributed by atoms with E-state index in [0.29, 0.717) is 5.92 Å². The van der Waals surface area contributed by atoms with Crippen LogP contribution in [0.3, 0.4) is 0 Å². The van der Waals surface area contributed by atoms with Crippen LogP contribution >= 0.6 is 0 Å². The van der Waals surface area contributed by atoms with Crippen molar-refractivity contribution in [2.75, 3.05) is 0 Å². The summed E-state index contributed by atoms with van der Waals surface area (Å²) in [5.74, 6) is 0.335. The normalized spacial score (nSPS) is 29.3. The summed E-state index contributed by atoms with van der Waals surface area (Å²) in [5.41, 5.74) is 3.81. The lowest BCUT2D eigenvalue weighted by Crippen LogP contribution is -2.24. The smallest absolute Gasteiger partial charge is 0.0956 e. The van der Waals surface area contributed by atoms with Crippen molar-refractivity contribution >= 4 is 0 Å². The SMILES string of the molecule is O[C@H]1CCCC1[C@@H]1c2ccccc2-c2cncn21. The highest BCUT2D eigenvalue weighted by molar-refractivity contribution is 5.69. The third-order valence-corrected chi connectivity index (χ3v) is 4.46. The van der Waals surface area contributed by atoms with Gasteiger partial charge in [0.25, 0.3) is 0 Å². The maximum atomic E-state index is 10.2. The first kappa shape index (κ1) is 10.3. The van der Waals surface area contributed by atoms with Crippen molar-refractivity contribution in [3.63, 3.8) is 0 Å². The van der Waals surface area contributed by atoms with E-state index in [-0.39, 0.29) is 12.1 Å². The second-order valence-corrected chi connectivity index (χ2v) is 5.38. The Kier molecular flexibility index (Phi) is 2.12. The molecular formula is C15H16N2O. The fourth-order valence-electron chi connectivity index (χ4n) is 3.65. The molecule has 0 amide bonds. The van der Waals surface area contributed by atoms with Crippen LogP contribution in [0.25, 0.3) is 11.3 Å². The van der Waals surface area contributed by atoms with Gasteiger partial charge in [0.05, 0.1) is 30.4 Å². The summed E-state index contributed by atoms with van der Waals surface area (Å²) in [6.45, 7) is 0. The number of nitrogens with zero attached hydrogens (tertiary/aromatic N) is 2. The molecule has 2 aromatic rings. The highest BCUT2D eigenvalue weighted by Gasteiger charge is 2.39. The molecule has 1 aromatic carbocycles. The van der Waals surface area contributed by atoms with Crippen LogP contribution in [0, 0.1) is 5.92 Å². The van der Waals surface area contributed by atoms with Gasteiger partial charge in [0, 0.05) is 11.5 Å². The second-order valence-electron chi connectivity index (χ2n) is 5.38. The summed E-state index contributed by atoms with van der Waals surface area (Å²) in [6, 6.07) is 8.79. The monoisotopic (exact) mass is 240 g/mol. The van der Waals surface area contributed by atoms with E-state index in [2.05, 4.69) is 33.8 Å². The van der Waals surface area contributed by atoms with Crippen molar-refractivity contribution < 1.29 is 5.11 Å². The Morgan fingerprint density at radius 2 is 2.11 bits per heavy atom. The summed E-state index contributed by atoms with van der Waals surface area (Å²) in [6.07, 6.45) is 6.85. The summed E-state index contributed by atoms with van der Waals surface area (Å²) in [7, 11) is 0. The molecule has 1 aromatic heterocycles. The molecule has 1 unspecified atom stereocenters. The zero-order chi connectivity index (χ0) is 12.1. The lowest BCUT2D eigenvalue weighted by Gasteiger charge is -2.24. The summed E-state index contributed by atoms with van der Waals surface area (Å²) >= 11 is 0. The average molecular weight is 240 g/mol. The van der Waals surface area contributed by atoms with Gasteiger partial charge in [-0.05, 0) is 18.4 Å². The summed E-state index contributed by atoms with van der Waals surface area (Å²) in [4.78, 5) is 4.27. The molecule has 3 nitrogen and oxygen atoms in total. The fraction of sp³-hybridized carbons (Fsp3) is 0.400. The number of aromatic nitrogens is 2. The van der Waals surface area contributed by atoms with Crippen molar-refractivity contribution in [3.05, 3.63) is 42.4 Å². The van der Waals surface area contributed by atoms with Gasteiger partial charge in [-0.15, -0.1) is 0 Å². The van der Waals surface area contributed by atoms with Crippen molar-refractivity contribution in [1.29, 1.82) is 0 Å². The van der Waals surface area contributed by atoms with Gasteiger partial charge in [-0.1, -0.05) is 30.7 Å². The average Bonchev–Trinajstić information content (AvgIpc) is 3.05. The second kappa shape index (κ2) is 3.69.